The average Bonchev–Trinajstić information content (AvgIpc) is 2.91. The molecule has 3 aromatic rings. The van der Waals surface area contributed by atoms with E-state index in [4.69, 9.17) is 20.8 Å². The van der Waals surface area contributed by atoms with Gasteiger partial charge in [0.1, 0.15) is 11.5 Å². The zero-order valence-corrected chi connectivity index (χ0v) is 13.2. The molecule has 0 unspecified atom stereocenters. The molecule has 0 saturated heterocycles. The van der Waals surface area contributed by atoms with Crippen LogP contribution >= 0.6 is 11.6 Å². The summed E-state index contributed by atoms with van der Waals surface area (Å²) >= 11 is 5.98. The summed E-state index contributed by atoms with van der Waals surface area (Å²) in [6, 6.07) is 16.4. The van der Waals surface area contributed by atoms with Crippen LogP contribution in [0.3, 0.4) is 0 Å². The fourth-order valence-electron chi connectivity index (χ4n) is 2.12. The fourth-order valence-corrected chi connectivity index (χ4v) is 2.29. The third-order valence-corrected chi connectivity index (χ3v) is 3.60. The first kappa shape index (κ1) is 15.3. The number of para-hydroxylation sites is 1. The standard InChI is InChI=1S/C18H14ClNO3/c1-12-15(20-18(22-12)13-7-3-2-4-8-13)11-17(21)23-16-10-6-5-9-14(16)19/h2-10H,11H2,1H3. The Hall–Kier alpha value is -2.59. The van der Waals surface area contributed by atoms with Crippen molar-refractivity contribution in [3.63, 3.8) is 0 Å². The number of aromatic nitrogens is 1. The highest BCUT2D eigenvalue weighted by Crippen LogP contribution is 2.25. The van der Waals surface area contributed by atoms with Gasteiger partial charge in [-0.3, -0.25) is 4.79 Å². The van der Waals surface area contributed by atoms with Crippen molar-refractivity contribution in [3.05, 3.63) is 71.1 Å². The molecule has 0 spiro atoms. The number of rotatable bonds is 4. The molecule has 0 fully saturated rings. The van der Waals surface area contributed by atoms with E-state index in [-0.39, 0.29) is 6.42 Å². The van der Waals surface area contributed by atoms with Gasteiger partial charge in [0.2, 0.25) is 5.89 Å². The number of hydrogen-bond donors (Lipinski definition) is 0. The molecule has 1 heterocycles. The van der Waals surface area contributed by atoms with Gasteiger partial charge in [0, 0.05) is 5.56 Å². The van der Waals surface area contributed by atoms with E-state index in [0.717, 1.165) is 5.56 Å². The second-order valence-corrected chi connectivity index (χ2v) is 5.38. The minimum absolute atomic E-state index is 0.0212. The Balaban J connectivity index is 1.74. The molecular formula is C18H14ClNO3. The van der Waals surface area contributed by atoms with Gasteiger partial charge in [-0.05, 0) is 31.2 Å². The topological polar surface area (TPSA) is 52.3 Å². The third-order valence-electron chi connectivity index (χ3n) is 3.29. The molecule has 0 aliphatic rings. The van der Waals surface area contributed by atoms with Gasteiger partial charge in [-0.1, -0.05) is 41.9 Å². The molecule has 0 amide bonds. The van der Waals surface area contributed by atoms with Crippen LogP contribution < -0.4 is 4.74 Å². The highest BCUT2D eigenvalue weighted by atomic mass is 35.5. The highest BCUT2D eigenvalue weighted by Gasteiger charge is 2.16. The fraction of sp³-hybridized carbons (Fsp3) is 0.111. The van der Waals surface area contributed by atoms with Crippen LogP contribution in [0.25, 0.3) is 11.5 Å². The second kappa shape index (κ2) is 6.67. The monoisotopic (exact) mass is 327 g/mol. The number of oxazole rings is 1. The summed E-state index contributed by atoms with van der Waals surface area (Å²) in [6.07, 6.45) is 0.0212. The molecule has 2 aromatic carbocycles. The third kappa shape index (κ3) is 3.60. The maximum atomic E-state index is 12.1. The van der Waals surface area contributed by atoms with E-state index in [1.165, 1.54) is 0 Å². The zero-order chi connectivity index (χ0) is 16.2. The zero-order valence-electron chi connectivity index (χ0n) is 12.5. The second-order valence-electron chi connectivity index (χ2n) is 4.97. The molecular weight excluding hydrogens is 314 g/mol. The van der Waals surface area contributed by atoms with Crippen molar-refractivity contribution < 1.29 is 13.9 Å². The van der Waals surface area contributed by atoms with E-state index >= 15 is 0 Å². The highest BCUT2D eigenvalue weighted by molar-refractivity contribution is 6.32. The number of esters is 1. The maximum absolute atomic E-state index is 12.1. The normalized spacial score (nSPS) is 10.5. The van der Waals surface area contributed by atoms with Gasteiger partial charge in [0.05, 0.1) is 17.1 Å². The van der Waals surface area contributed by atoms with Crippen molar-refractivity contribution in [2.75, 3.05) is 0 Å². The molecule has 0 saturated carbocycles. The number of benzene rings is 2. The number of hydrogen-bond acceptors (Lipinski definition) is 4. The maximum Gasteiger partial charge on any atom is 0.317 e. The van der Waals surface area contributed by atoms with E-state index in [1.54, 1.807) is 31.2 Å². The van der Waals surface area contributed by atoms with Gasteiger partial charge >= 0.3 is 5.97 Å². The molecule has 0 aliphatic carbocycles. The van der Waals surface area contributed by atoms with Crippen molar-refractivity contribution in [3.8, 4) is 17.2 Å². The number of nitrogens with zero attached hydrogens (tertiary/aromatic N) is 1. The summed E-state index contributed by atoms with van der Waals surface area (Å²) in [5, 5.41) is 0.391. The Morgan fingerprint density at radius 1 is 1.13 bits per heavy atom. The SMILES string of the molecule is Cc1oc(-c2ccccc2)nc1CC(=O)Oc1ccccc1Cl. The first-order chi connectivity index (χ1) is 11.1. The van der Waals surface area contributed by atoms with E-state index < -0.39 is 5.97 Å². The van der Waals surface area contributed by atoms with Crippen LogP contribution in [-0.2, 0) is 11.2 Å². The van der Waals surface area contributed by atoms with Gasteiger partial charge in [-0.15, -0.1) is 0 Å². The first-order valence-corrected chi connectivity index (χ1v) is 7.48. The Kier molecular flexibility index (Phi) is 4.44. The van der Waals surface area contributed by atoms with Gasteiger partial charge in [-0.2, -0.15) is 0 Å². The van der Waals surface area contributed by atoms with E-state index in [0.29, 0.717) is 28.1 Å². The lowest BCUT2D eigenvalue weighted by Gasteiger charge is -2.04. The van der Waals surface area contributed by atoms with Crippen molar-refractivity contribution >= 4 is 17.6 Å². The summed E-state index contributed by atoms with van der Waals surface area (Å²) in [7, 11) is 0. The van der Waals surface area contributed by atoms with E-state index in [1.807, 2.05) is 30.3 Å². The number of carbonyl (C=O) groups excluding carboxylic acids is 1. The Morgan fingerprint density at radius 2 is 1.83 bits per heavy atom. The largest absolute Gasteiger partial charge is 0.441 e. The Labute approximate surface area is 138 Å². The summed E-state index contributed by atoms with van der Waals surface area (Å²) in [6.45, 7) is 1.78. The quantitative estimate of drug-likeness (QED) is 0.524. The minimum Gasteiger partial charge on any atom is -0.441 e. The van der Waals surface area contributed by atoms with Crippen LogP contribution in [0.1, 0.15) is 11.5 Å². The van der Waals surface area contributed by atoms with Crippen LogP contribution in [0, 0.1) is 6.92 Å². The Morgan fingerprint density at radius 3 is 2.57 bits per heavy atom. The van der Waals surface area contributed by atoms with Gasteiger partial charge in [-0.25, -0.2) is 4.98 Å². The van der Waals surface area contributed by atoms with Crippen LogP contribution in [0.4, 0.5) is 0 Å². The van der Waals surface area contributed by atoms with Crippen LogP contribution in [0.15, 0.2) is 59.0 Å². The molecule has 3 rings (SSSR count). The number of aryl methyl sites for hydroxylation is 1. The van der Waals surface area contributed by atoms with Crippen molar-refractivity contribution in [1.29, 1.82) is 0 Å². The molecule has 116 valence electrons. The molecule has 0 aliphatic heterocycles. The minimum atomic E-state index is -0.436. The lowest BCUT2D eigenvalue weighted by molar-refractivity contribution is -0.133. The number of halogens is 1. The van der Waals surface area contributed by atoms with Crippen LogP contribution in [0.2, 0.25) is 5.02 Å². The van der Waals surface area contributed by atoms with Gasteiger partial charge in [0.25, 0.3) is 0 Å². The number of carbonyl (C=O) groups is 1. The summed E-state index contributed by atoms with van der Waals surface area (Å²) in [4.78, 5) is 16.5. The molecule has 0 N–H and O–H groups in total. The van der Waals surface area contributed by atoms with Crippen LogP contribution in [0.5, 0.6) is 5.75 Å². The van der Waals surface area contributed by atoms with E-state index in [2.05, 4.69) is 4.98 Å². The molecule has 1 aromatic heterocycles. The molecule has 0 bridgehead atoms. The lowest BCUT2D eigenvalue weighted by atomic mass is 10.2. The molecule has 23 heavy (non-hydrogen) atoms. The predicted octanol–water partition coefficient (Wildman–Crippen LogP) is 4.45. The van der Waals surface area contributed by atoms with Crippen molar-refractivity contribution in [2.24, 2.45) is 0 Å². The van der Waals surface area contributed by atoms with E-state index in [9.17, 15) is 4.79 Å². The number of ether oxygens (including phenoxy) is 1. The average molecular weight is 328 g/mol. The Bertz CT molecular complexity index is 827. The van der Waals surface area contributed by atoms with Crippen molar-refractivity contribution in [2.45, 2.75) is 13.3 Å². The molecule has 0 atom stereocenters. The summed E-state index contributed by atoms with van der Waals surface area (Å²) in [5.41, 5.74) is 1.42. The van der Waals surface area contributed by atoms with Gasteiger partial charge in [0.15, 0.2) is 0 Å². The summed E-state index contributed by atoms with van der Waals surface area (Å²) < 4.78 is 10.9. The first-order valence-electron chi connectivity index (χ1n) is 7.10. The summed E-state index contributed by atoms with van der Waals surface area (Å²) in [5.74, 6) is 0.987. The van der Waals surface area contributed by atoms with Gasteiger partial charge < -0.3 is 9.15 Å². The molecule has 4 nitrogen and oxygen atoms in total. The smallest absolute Gasteiger partial charge is 0.317 e. The predicted molar refractivity (Wildman–Crippen MR) is 87.5 cm³/mol. The van der Waals surface area contributed by atoms with Crippen LogP contribution in [-0.4, -0.2) is 11.0 Å². The van der Waals surface area contributed by atoms with Crippen molar-refractivity contribution in [1.82, 2.24) is 4.98 Å². The molecule has 5 heteroatoms. The molecule has 0 radical (unpaired) electrons. The lowest BCUT2D eigenvalue weighted by Crippen LogP contribution is -2.12.